The maximum Gasteiger partial charge on any atom is 0.307 e. The highest BCUT2D eigenvalue weighted by Gasteiger charge is 2.32. The number of carbonyl (C=O) groups is 2. The van der Waals surface area contributed by atoms with Crippen molar-refractivity contribution in [3.63, 3.8) is 0 Å². The molecule has 0 aromatic rings. The second-order valence-electron chi connectivity index (χ2n) is 6.52. The number of carboxylic acid groups (broad SMARTS) is 1. The minimum Gasteiger partial charge on any atom is -0.481 e. The predicted molar refractivity (Wildman–Crippen MR) is 85.6 cm³/mol. The third kappa shape index (κ3) is 9.55. The quantitative estimate of drug-likeness (QED) is 0.359. The summed E-state index contributed by atoms with van der Waals surface area (Å²) in [5.41, 5.74) is -0.610. The molecule has 1 unspecified atom stereocenters. The zero-order valence-corrected chi connectivity index (χ0v) is 14.3. The van der Waals surface area contributed by atoms with Gasteiger partial charge in [0.05, 0.1) is 12.3 Å². The second-order valence-corrected chi connectivity index (χ2v) is 6.52. The molecule has 0 rings (SSSR count). The van der Waals surface area contributed by atoms with Crippen molar-refractivity contribution in [1.29, 1.82) is 0 Å². The summed E-state index contributed by atoms with van der Waals surface area (Å²) >= 11 is 0. The highest BCUT2D eigenvalue weighted by atomic mass is 16.6. The first-order chi connectivity index (χ1) is 10.2. The zero-order valence-electron chi connectivity index (χ0n) is 14.3. The van der Waals surface area contributed by atoms with Crippen molar-refractivity contribution in [3.05, 3.63) is 12.7 Å². The first-order valence-electron chi connectivity index (χ1n) is 7.75. The van der Waals surface area contributed by atoms with Crippen LogP contribution in [-0.2, 0) is 19.1 Å². The lowest BCUT2D eigenvalue weighted by molar-refractivity contribution is -0.161. The molecule has 22 heavy (non-hydrogen) atoms. The lowest BCUT2D eigenvalue weighted by atomic mass is 9.86. The molecule has 0 aliphatic heterocycles. The molecular formula is C17H30O5. The Balaban J connectivity index is 4.71. The van der Waals surface area contributed by atoms with E-state index in [0.717, 1.165) is 19.3 Å². The van der Waals surface area contributed by atoms with Gasteiger partial charge in [-0.1, -0.05) is 12.5 Å². The van der Waals surface area contributed by atoms with Gasteiger partial charge in [-0.2, -0.15) is 0 Å². The number of ether oxygens (including phenoxy) is 2. The molecule has 0 radical (unpaired) electrons. The van der Waals surface area contributed by atoms with E-state index >= 15 is 0 Å². The van der Waals surface area contributed by atoms with Crippen LogP contribution < -0.4 is 0 Å². The van der Waals surface area contributed by atoms with Gasteiger partial charge in [0.25, 0.3) is 0 Å². The van der Waals surface area contributed by atoms with Crippen LogP contribution in [0, 0.1) is 11.8 Å². The van der Waals surface area contributed by atoms with E-state index < -0.39 is 23.5 Å². The first kappa shape index (κ1) is 20.6. The molecule has 0 amide bonds. The Morgan fingerprint density at radius 1 is 1.27 bits per heavy atom. The first-order valence-corrected chi connectivity index (χ1v) is 7.75. The van der Waals surface area contributed by atoms with Gasteiger partial charge in [-0.05, 0) is 46.0 Å². The Labute approximate surface area is 133 Å². The molecule has 0 aliphatic carbocycles. The van der Waals surface area contributed by atoms with Crippen molar-refractivity contribution in [2.75, 3.05) is 13.7 Å². The van der Waals surface area contributed by atoms with Crippen molar-refractivity contribution in [2.45, 2.75) is 58.5 Å². The molecule has 1 N–H and O–H groups in total. The minimum atomic E-state index is -0.975. The normalized spacial score (nSPS) is 14.2. The van der Waals surface area contributed by atoms with E-state index in [1.807, 2.05) is 6.08 Å². The summed E-state index contributed by atoms with van der Waals surface area (Å²) < 4.78 is 10.4. The summed E-state index contributed by atoms with van der Waals surface area (Å²) in [6.45, 7) is 9.30. The molecule has 0 aliphatic rings. The molecule has 0 saturated heterocycles. The average molecular weight is 314 g/mol. The number of hydrogen-bond donors (Lipinski definition) is 1. The molecule has 0 fully saturated rings. The number of unbranched alkanes of at least 4 members (excludes halogenated alkanes) is 2. The highest BCUT2D eigenvalue weighted by Crippen LogP contribution is 2.25. The van der Waals surface area contributed by atoms with Crippen LogP contribution in [0.15, 0.2) is 12.7 Å². The standard InChI is InChI=1S/C17H30O5/c1-6-7-8-9-10-13(12-21-5)14(16(19)20)11-15(18)22-17(2,3)4/h6,13-14H,1,7-12H2,2-5H3,(H,19,20)/t13-,14?/m0/s1. The molecule has 0 bridgehead atoms. The lowest BCUT2D eigenvalue weighted by Gasteiger charge is -2.25. The topological polar surface area (TPSA) is 72.8 Å². The van der Waals surface area contributed by atoms with Crippen molar-refractivity contribution >= 4 is 11.9 Å². The third-order valence-corrected chi connectivity index (χ3v) is 3.31. The largest absolute Gasteiger partial charge is 0.481 e. The summed E-state index contributed by atoms with van der Waals surface area (Å²) in [7, 11) is 1.54. The fraction of sp³-hybridized carbons (Fsp3) is 0.765. The molecule has 128 valence electrons. The van der Waals surface area contributed by atoms with Crippen LogP contribution in [0.3, 0.4) is 0 Å². The van der Waals surface area contributed by atoms with Crippen LogP contribution in [0.25, 0.3) is 0 Å². The summed E-state index contributed by atoms with van der Waals surface area (Å²) in [6, 6.07) is 0. The van der Waals surface area contributed by atoms with Gasteiger partial charge >= 0.3 is 11.9 Å². The average Bonchev–Trinajstić information content (AvgIpc) is 2.37. The zero-order chi connectivity index (χ0) is 17.2. The van der Waals surface area contributed by atoms with Gasteiger partial charge < -0.3 is 14.6 Å². The van der Waals surface area contributed by atoms with Crippen LogP contribution in [0.5, 0.6) is 0 Å². The van der Waals surface area contributed by atoms with Gasteiger partial charge in [0.1, 0.15) is 5.60 Å². The van der Waals surface area contributed by atoms with Gasteiger partial charge in [-0.15, -0.1) is 6.58 Å². The molecule has 5 nitrogen and oxygen atoms in total. The number of methoxy groups -OCH3 is 1. The van der Waals surface area contributed by atoms with E-state index in [0.29, 0.717) is 13.0 Å². The van der Waals surface area contributed by atoms with Crippen molar-refractivity contribution in [2.24, 2.45) is 11.8 Å². The Bertz CT molecular complexity index is 357. The van der Waals surface area contributed by atoms with Gasteiger partial charge in [0.15, 0.2) is 0 Å². The molecule has 0 aromatic carbocycles. The molecule has 0 spiro atoms. The number of hydrogen-bond acceptors (Lipinski definition) is 4. The fourth-order valence-electron chi connectivity index (χ4n) is 2.33. The number of carbonyl (C=O) groups excluding carboxylic acids is 1. The van der Waals surface area contributed by atoms with Crippen molar-refractivity contribution in [1.82, 2.24) is 0 Å². The summed E-state index contributed by atoms with van der Waals surface area (Å²) in [5, 5.41) is 9.44. The van der Waals surface area contributed by atoms with Crippen molar-refractivity contribution < 1.29 is 24.2 Å². The minimum absolute atomic E-state index is 0.123. The van der Waals surface area contributed by atoms with E-state index in [1.54, 1.807) is 27.9 Å². The number of aliphatic carboxylic acids is 1. The molecular weight excluding hydrogens is 284 g/mol. The summed E-state index contributed by atoms with van der Waals surface area (Å²) in [6.07, 6.45) is 5.19. The van der Waals surface area contributed by atoms with Gasteiger partial charge in [-0.25, -0.2) is 0 Å². The Morgan fingerprint density at radius 2 is 1.91 bits per heavy atom. The van der Waals surface area contributed by atoms with Gasteiger partial charge in [0.2, 0.25) is 0 Å². The molecule has 0 heterocycles. The van der Waals surface area contributed by atoms with E-state index in [4.69, 9.17) is 9.47 Å². The number of allylic oxidation sites excluding steroid dienone is 1. The van der Waals surface area contributed by atoms with E-state index in [1.165, 1.54) is 0 Å². The van der Waals surface area contributed by atoms with E-state index in [-0.39, 0.29) is 12.3 Å². The number of rotatable bonds is 11. The number of carboxylic acids is 1. The predicted octanol–water partition coefficient (Wildman–Crippen LogP) is 3.43. The molecule has 2 atom stereocenters. The SMILES string of the molecule is C=CCCCC[C@@H](COC)C(CC(=O)OC(C)(C)C)C(=O)O. The van der Waals surface area contributed by atoms with Crippen LogP contribution in [0.1, 0.15) is 52.9 Å². The van der Waals surface area contributed by atoms with Crippen LogP contribution in [-0.4, -0.2) is 36.4 Å². The molecule has 0 saturated carbocycles. The Morgan fingerprint density at radius 3 is 2.36 bits per heavy atom. The highest BCUT2D eigenvalue weighted by molar-refractivity contribution is 5.79. The summed E-state index contributed by atoms with van der Waals surface area (Å²) in [5.74, 6) is -2.43. The van der Waals surface area contributed by atoms with Crippen molar-refractivity contribution in [3.8, 4) is 0 Å². The van der Waals surface area contributed by atoms with E-state index in [9.17, 15) is 14.7 Å². The van der Waals surface area contributed by atoms with Crippen LogP contribution >= 0.6 is 0 Å². The van der Waals surface area contributed by atoms with Crippen LogP contribution in [0.4, 0.5) is 0 Å². The third-order valence-electron chi connectivity index (χ3n) is 3.31. The van der Waals surface area contributed by atoms with Gasteiger partial charge in [0, 0.05) is 13.7 Å². The smallest absolute Gasteiger partial charge is 0.307 e. The lowest BCUT2D eigenvalue weighted by Crippen LogP contribution is -2.32. The maximum atomic E-state index is 11.9. The summed E-state index contributed by atoms with van der Waals surface area (Å²) in [4.78, 5) is 23.4. The second kappa shape index (κ2) is 10.4. The van der Waals surface area contributed by atoms with Gasteiger partial charge in [-0.3, -0.25) is 9.59 Å². The Kier molecular flexibility index (Phi) is 9.74. The van der Waals surface area contributed by atoms with E-state index in [2.05, 4.69) is 6.58 Å². The monoisotopic (exact) mass is 314 g/mol. The number of esters is 1. The Hall–Kier alpha value is -1.36. The van der Waals surface area contributed by atoms with Crippen LogP contribution in [0.2, 0.25) is 0 Å². The molecule has 5 heteroatoms. The maximum absolute atomic E-state index is 11.9. The molecule has 0 aromatic heterocycles. The fourth-order valence-corrected chi connectivity index (χ4v) is 2.33.